The predicted octanol–water partition coefficient (Wildman–Crippen LogP) is 5.75. The highest BCUT2D eigenvalue weighted by atomic mass is 19.2. The minimum Gasteiger partial charge on any atom is -0.508 e. The summed E-state index contributed by atoms with van der Waals surface area (Å²) in [5.41, 5.74) is -1.87. The van der Waals surface area contributed by atoms with Gasteiger partial charge in [0, 0.05) is 48.3 Å². The third-order valence-electron chi connectivity index (χ3n) is 11.4. The number of methoxy groups -OCH3 is 1. The van der Waals surface area contributed by atoms with E-state index in [2.05, 4.69) is 14.9 Å². The molecule has 266 valence electrons. The fourth-order valence-corrected chi connectivity index (χ4v) is 8.85. The molecule has 2 aliphatic heterocycles. The van der Waals surface area contributed by atoms with Gasteiger partial charge in [0.25, 0.3) is 0 Å². The van der Waals surface area contributed by atoms with Gasteiger partial charge in [-0.05, 0) is 75.6 Å². The van der Waals surface area contributed by atoms with Crippen molar-refractivity contribution in [3.05, 3.63) is 47.9 Å². The van der Waals surface area contributed by atoms with Gasteiger partial charge >= 0.3 is 6.01 Å². The number of hydrogen-bond acceptors (Lipinski definition) is 10. The lowest BCUT2D eigenvalue weighted by Gasteiger charge is -2.53. The molecule has 0 amide bonds. The molecule has 2 N–H and O–H groups in total. The molecule has 13 heteroatoms. The first-order valence-corrected chi connectivity index (χ1v) is 17.5. The molecular formula is C37H42F3N5O5. The first kappa shape index (κ1) is 33.4. The maximum absolute atomic E-state index is 16.8. The Kier molecular flexibility index (Phi) is 8.52. The lowest BCUT2D eigenvalue weighted by molar-refractivity contribution is -0.0845. The standard InChI is InChI=1S/C37H42F3N5O5/c1-36(47)18-44(11-12-49-19-36)34-26-17-41-32(25-16-23(46)13-21-6-7-27(38)30(39)29(21)25)31(40)33(26)42-35(43-34)50-20-37-8-3-5-28(37)45(10-4-9-37)22-14-24(15-22)48-2/h6-7,13,16-17,22,24,28,46-47H,3-5,8-12,14-15,18-20H2,1-2H3. The molecule has 8 rings (SSSR count). The van der Waals surface area contributed by atoms with Crippen LogP contribution in [0.3, 0.4) is 0 Å². The van der Waals surface area contributed by atoms with E-state index in [1.165, 1.54) is 18.3 Å². The number of ether oxygens (including phenoxy) is 3. The zero-order chi connectivity index (χ0) is 34.8. The summed E-state index contributed by atoms with van der Waals surface area (Å²) in [6.45, 7) is 4.00. The Morgan fingerprint density at radius 2 is 1.88 bits per heavy atom. The van der Waals surface area contributed by atoms with Crippen molar-refractivity contribution >= 4 is 27.5 Å². The molecule has 0 radical (unpaired) electrons. The van der Waals surface area contributed by atoms with Gasteiger partial charge in [0.15, 0.2) is 17.5 Å². The first-order chi connectivity index (χ1) is 24.1. The van der Waals surface area contributed by atoms with Crippen LogP contribution in [0.5, 0.6) is 11.8 Å². The smallest absolute Gasteiger partial charge is 0.319 e. The largest absolute Gasteiger partial charge is 0.508 e. The van der Waals surface area contributed by atoms with Crippen LogP contribution in [0.2, 0.25) is 0 Å². The van der Waals surface area contributed by atoms with Crippen LogP contribution < -0.4 is 9.64 Å². The quantitative estimate of drug-likeness (QED) is 0.248. The summed E-state index contributed by atoms with van der Waals surface area (Å²) >= 11 is 0. The molecule has 2 saturated heterocycles. The molecule has 3 unspecified atom stereocenters. The van der Waals surface area contributed by atoms with Gasteiger partial charge in [-0.3, -0.25) is 9.88 Å². The van der Waals surface area contributed by atoms with Gasteiger partial charge in [0.1, 0.15) is 28.4 Å². The minimum absolute atomic E-state index is 0.0217. The Hall–Kier alpha value is -3.78. The van der Waals surface area contributed by atoms with E-state index in [-0.39, 0.29) is 63.3 Å². The summed E-state index contributed by atoms with van der Waals surface area (Å²) in [5.74, 6) is -3.13. The number of phenols is 1. The topological polar surface area (TPSA) is 113 Å². The molecule has 4 heterocycles. The molecular weight excluding hydrogens is 651 g/mol. The molecule has 4 fully saturated rings. The minimum atomic E-state index is -1.21. The zero-order valence-corrected chi connectivity index (χ0v) is 28.3. The second-order valence-electron chi connectivity index (χ2n) is 14.8. The molecule has 10 nitrogen and oxygen atoms in total. The summed E-state index contributed by atoms with van der Waals surface area (Å²) in [5, 5.41) is 21.7. The molecule has 0 bridgehead atoms. The first-order valence-electron chi connectivity index (χ1n) is 17.5. The number of benzene rings is 2. The van der Waals surface area contributed by atoms with Crippen molar-refractivity contribution < 1.29 is 37.6 Å². The fraction of sp³-hybridized carbons (Fsp3) is 0.541. The van der Waals surface area contributed by atoms with E-state index in [0.717, 1.165) is 63.6 Å². The SMILES string of the molecule is COC1CC(N2CCCC3(COc4nc(N5CCOCC(C)(O)C5)c5cnc(-c6cc(O)cc7ccc(F)c(F)c67)c(F)c5n4)CCCC23)C1. The Bertz CT molecular complexity index is 1940. The summed E-state index contributed by atoms with van der Waals surface area (Å²) in [6.07, 6.45) is 9.02. The number of likely N-dealkylation sites (tertiary alicyclic amines) is 1. The van der Waals surface area contributed by atoms with Crippen LogP contribution in [0.25, 0.3) is 32.9 Å². The highest BCUT2D eigenvalue weighted by molar-refractivity contribution is 6.00. The molecule has 2 aromatic carbocycles. The van der Waals surface area contributed by atoms with Crippen LogP contribution in [-0.4, -0.2) is 100 Å². The number of aliphatic hydroxyl groups is 1. The number of aromatic hydroxyl groups is 1. The highest BCUT2D eigenvalue weighted by Crippen LogP contribution is 2.50. The van der Waals surface area contributed by atoms with Crippen molar-refractivity contribution in [2.75, 3.05) is 51.5 Å². The van der Waals surface area contributed by atoms with Gasteiger partial charge in [-0.25, -0.2) is 13.2 Å². The average Bonchev–Trinajstić information content (AvgIpc) is 3.42. The third-order valence-corrected chi connectivity index (χ3v) is 11.4. The molecule has 50 heavy (non-hydrogen) atoms. The molecule has 2 saturated carbocycles. The van der Waals surface area contributed by atoms with E-state index in [9.17, 15) is 14.6 Å². The van der Waals surface area contributed by atoms with Crippen LogP contribution >= 0.6 is 0 Å². The molecule has 2 aliphatic carbocycles. The van der Waals surface area contributed by atoms with Crippen molar-refractivity contribution in [3.63, 3.8) is 0 Å². The van der Waals surface area contributed by atoms with Gasteiger partial charge in [0.2, 0.25) is 0 Å². The Labute approximate surface area is 288 Å². The van der Waals surface area contributed by atoms with Crippen LogP contribution in [0.1, 0.15) is 51.9 Å². The second kappa shape index (κ2) is 12.8. The summed E-state index contributed by atoms with van der Waals surface area (Å²) in [6, 6.07) is 5.55. The van der Waals surface area contributed by atoms with Crippen LogP contribution in [0, 0.1) is 22.9 Å². The van der Waals surface area contributed by atoms with E-state index in [4.69, 9.17) is 19.2 Å². The summed E-state index contributed by atoms with van der Waals surface area (Å²) < 4.78 is 64.2. The number of β-amino-alcohol motifs (C(OH)–C–C–N with tert-alkyl or cyclic N) is 1. The number of anilines is 1. The maximum Gasteiger partial charge on any atom is 0.319 e. The van der Waals surface area contributed by atoms with Crippen LogP contribution in [-0.2, 0) is 9.47 Å². The highest BCUT2D eigenvalue weighted by Gasteiger charge is 2.51. The molecule has 4 aromatic rings. The van der Waals surface area contributed by atoms with Crippen molar-refractivity contribution in [2.24, 2.45) is 5.41 Å². The van der Waals surface area contributed by atoms with E-state index in [0.29, 0.717) is 43.8 Å². The molecule has 2 aromatic heterocycles. The Morgan fingerprint density at radius 3 is 2.70 bits per heavy atom. The Morgan fingerprint density at radius 1 is 1.06 bits per heavy atom. The van der Waals surface area contributed by atoms with Gasteiger partial charge in [-0.1, -0.05) is 12.5 Å². The number of aromatic nitrogens is 3. The number of phenolic OH excluding ortho intramolecular Hbond substituents is 1. The van der Waals surface area contributed by atoms with Gasteiger partial charge in [0.05, 0.1) is 37.9 Å². The van der Waals surface area contributed by atoms with Crippen LogP contribution in [0.15, 0.2) is 30.5 Å². The number of nitrogens with zero attached hydrogens (tertiary/aromatic N) is 5. The van der Waals surface area contributed by atoms with Crippen molar-refractivity contribution in [1.82, 2.24) is 19.9 Å². The van der Waals surface area contributed by atoms with Crippen LogP contribution in [0.4, 0.5) is 19.0 Å². The van der Waals surface area contributed by atoms with E-state index < -0.39 is 23.1 Å². The molecule has 4 aliphatic rings. The second-order valence-corrected chi connectivity index (χ2v) is 14.8. The van der Waals surface area contributed by atoms with E-state index in [1.54, 1.807) is 14.0 Å². The van der Waals surface area contributed by atoms with E-state index in [1.807, 2.05) is 4.90 Å². The van der Waals surface area contributed by atoms with Crippen molar-refractivity contribution in [3.8, 4) is 23.0 Å². The third kappa shape index (κ3) is 5.81. The number of fused-ring (bicyclic) bond motifs is 3. The molecule has 3 atom stereocenters. The summed E-state index contributed by atoms with van der Waals surface area (Å²) in [7, 11) is 1.77. The van der Waals surface area contributed by atoms with Crippen molar-refractivity contribution in [1.29, 1.82) is 0 Å². The zero-order valence-electron chi connectivity index (χ0n) is 28.3. The number of pyridine rings is 1. The summed E-state index contributed by atoms with van der Waals surface area (Å²) in [4.78, 5) is 18.2. The fourth-order valence-electron chi connectivity index (χ4n) is 8.85. The average molecular weight is 694 g/mol. The number of halogens is 3. The monoisotopic (exact) mass is 693 g/mol. The lowest BCUT2D eigenvalue weighted by atomic mass is 9.73. The van der Waals surface area contributed by atoms with E-state index >= 15 is 8.78 Å². The van der Waals surface area contributed by atoms with Crippen molar-refractivity contribution in [2.45, 2.75) is 75.7 Å². The lowest BCUT2D eigenvalue weighted by Crippen LogP contribution is -2.59. The number of rotatable bonds is 7. The number of hydrogen-bond donors (Lipinski definition) is 2. The maximum atomic E-state index is 16.8. The van der Waals surface area contributed by atoms with Gasteiger partial charge in [-0.15, -0.1) is 0 Å². The number of piperidine rings is 1. The van der Waals surface area contributed by atoms with Gasteiger partial charge in [-0.2, -0.15) is 9.97 Å². The Balaban J connectivity index is 1.21. The molecule has 0 spiro atoms. The predicted molar refractivity (Wildman–Crippen MR) is 181 cm³/mol. The normalized spacial score (nSPS) is 28.8. The van der Waals surface area contributed by atoms with Gasteiger partial charge < -0.3 is 29.3 Å².